The maximum absolute atomic E-state index is 5.99. The van der Waals surface area contributed by atoms with Crippen molar-refractivity contribution in [2.24, 2.45) is 0 Å². The number of hydrogen-bond donors (Lipinski definition) is 1. The van der Waals surface area contributed by atoms with E-state index in [4.69, 9.17) is 16.3 Å². The van der Waals surface area contributed by atoms with E-state index in [1.165, 1.54) is 0 Å². The van der Waals surface area contributed by atoms with E-state index in [1.807, 2.05) is 25.1 Å². The Morgan fingerprint density at radius 3 is 2.87 bits per heavy atom. The van der Waals surface area contributed by atoms with Crippen molar-refractivity contribution < 1.29 is 4.74 Å². The molecule has 0 amide bonds. The topological polar surface area (TPSA) is 21.3 Å². The highest BCUT2D eigenvalue weighted by atomic mass is 35.5. The molecule has 0 bridgehead atoms. The Bertz CT molecular complexity index is 379. The van der Waals surface area contributed by atoms with Crippen molar-refractivity contribution in [1.29, 1.82) is 0 Å². The van der Waals surface area contributed by atoms with Crippen LogP contribution in [0.15, 0.2) is 18.2 Å². The molecule has 1 aromatic rings. The molecule has 0 heterocycles. The molecular formula is C12H14ClNO. The van der Waals surface area contributed by atoms with E-state index in [0.717, 1.165) is 12.1 Å². The third-order valence-electron chi connectivity index (χ3n) is 1.94. The Labute approximate surface area is 95.6 Å². The van der Waals surface area contributed by atoms with Crippen LogP contribution in [0.3, 0.4) is 0 Å². The van der Waals surface area contributed by atoms with Crippen molar-refractivity contribution in [3.8, 4) is 17.6 Å². The lowest BCUT2D eigenvalue weighted by atomic mass is 10.2. The van der Waals surface area contributed by atoms with Crippen LogP contribution in [0.5, 0.6) is 5.75 Å². The van der Waals surface area contributed by atoms with Crippen LogP contribution in [-0.2, 0) is 6.54 Å². The van der Waals surface area contributed by atoms with Gasteiger partial charge in [0.15, 0.2) is 0 Å². The molecule has 0 aliphatic carbocycles. The monoisotopic (exact) mass is 223 g/mol. The molecule has 2 nitrogen and oxygen atoms in total. The van der Waals surface area contributed by atoms with Crippen LogP contribution in [-0.4, -0.2) is 13.7 Å². The first-order chi connectivity index (χ1) is 7.27. The zero-order chi connectivity index (χ0) is 11.1. The first kappa shape index (κ1) is 11.9. The van der Waals surface area contributed by atoms with Crippen LogP contribution in [0.2, 0.25) is 5.02 Å². The molecular weight excluding hydrogens is 210 g/mol. The van der Waals surface area contributed by atoms with Crippen LogP contribution < -0.4 is 10.1 Å². The summed E-state index contributed by atoms with van der Waals surface area (Å²) in [4.78, 5) is 0. The van der Waals surface area contributed by atoms with E-state index in [0.29, 0.717) is 17.3 Å². The fourth-order valence-electron chi connectivity index (χ4n) is 1.18. The highest BCUT2D eigenvalue weighted by Gasteiger charge is 2.00. The molecule has 0 unspecified atom stereocenters. The standard InChI is InChI=1S/C12H14ClNO/c1-3-4-7-14-9-10-5-6-12(15-2)11(13)8-10/h5-6,8,14H,7,9H2,1-2H3. The summed E-state index contributed by atoms with van der Waals surface area (Å²) in [5.74, 6) is 6.46. The molecule has 80 valence electrons. The lowest BCUT2D eigenvalue weighted by Crippen LogP contribution is -2.13. The Morgan fingerprint density at radius 1 is 1.47 bits per heavy atom. The van der Waals surface area contributed by atoms with Gasteiger partial charge >= 0.3 is 0 Å². The van der Waals surface area contributed by atoms with Crippen LogP contribution in [0.4, 0.5) is 0 Å². The lowest BCUT2D eigenvalue weighted by Gasteiger charge is -2.05. The summed E-state index contributed by atoms with van der Waals surface area (Å²) in [7, 11) is 1.61. The molecule has 15 heavy (non-hydrogen) atoms. The molecule has 0 aromatic heterocycles. The molecule has 0 aliphatic heterocycles. The van der Waals surface area contributed by atoms with Gasteiger partial charge in [0, 0.05) is 6.54 Å². The maximum atomic E-state index is 5.99. The summed E-state index contributed by atoms with van der Waals surface area (Å²) in [5.41, 5.74) is 1.12. The Morgan fingerprint density at radius 2 is 2.27 bits per heavy atom. The van der Waals surface area contributed by atoms with E-state index in [-0.39, 0.29) is 0 Å². The van der Waals surface area contributed by atoms with Crippen LogP contribution in [0.25, 0.3) is 0 Å². The molecule has 0 atom stereocenters. The quantitative estimate of drug-likeness (QED) is 0.626. The average Bonchev–Trinajstić information content (AvgIpc) is 2.25. The second-order valence-corrected chi connectivity index (χ2v) is 3.41. The number of methoxy groups -OCH3 is 1. The summed E-state index contributed by atoms with van der Waals surface area (Å²) in [5, 5.41) is 3.83. The van der Waals surface area contributed by atoms with E-state index in [9.17, 15) is 0 Å². The van der Waals surface area contributed by atoms with Crippen LogP contribution in [0, 0.1) is 11.8 Å². The molecule has 0 spiro atoms. The first-order valence-corrected chi connectivity index (χ1v) is 5.08. The molecule has 0 radical (unpaired) electrons. The average molecular weight is 224 g/mol. The minimum atomic E-state index is 0.637. The van der Waals surface area contributed by atoms with Gasteiger partial charge in [0.25, 0.3) is 0 Å². The van der Waals surface area contributed by atoms with Gasteiger partial charge in [-0.05, 0) is 24.6 Å². The molecule has 3 heteroatoms. The predicted octanol–water partition coefficient (Wildman–Crippen LogP) is 2.46. The second-order valence-electron chi connectivity index (χ2n) is 3.00. The zero-order valence-corrected chi connectivity index (χ0v) is 9.69. The van der Waals surface area contributed by atoms with E-state index in [2.05, 4.69) is 17.2 Å². The summed E-state index contributed by atoms with van der Waals surface area (Å²) in [6.45, 7) is 3.28. The molecule has 0 saturated heterocycles. The van der Waals surface area contributed by atoms with E-state index in [1.54, 1.807) is 7.11 Å². The zero-order valence-electron chi connectivity index (χ0n) is 8.93. The van der Waals surface area contributed by atoms with Gasteiger partial charge in [-0.3, -0.25) is 0 Å². The fourth-order valence-corrected chi connectivity index (χ4v) is 1.46. The normalized spacial score (nSPS) is 9.27. The van der Waals surface area contributed by atoms with E-state index < -0.39 is 0 Å². The van der Waals surface area contributed by atoms with Gasteiger partial charge in [-0.1, -0.05) is 23.6 Å². The van der Waals surface area contributed by atoms with Gasteiger partial charge < -0.3 is 10.1 Å². The Hall–Kier alpha value is -1.17. The van der Waals surface area contributed by atoms with Gasteiger partial charge in [-0.2, -0.15) is 0 Å². The van der Waals surface area contributed by atoms with Gasteiger partial charge in [0.1, 0.15) is 5.75 Å². The van der Waals surface area contributed by atoms with Crippen LogP contribution in [0.1, 0.15) is 12.5 Å². The second kappa shape index (κ2) is 6.34. The maximum Gasteiger partial charge on any atom is 0.137 e. The van der Waals surface area contributed by atoms with E-state index >= 15 is 0 Å². The Balaban J connectivity index is 2.54. The van der Waals surface area contributed by atoms with Crippen molar-refractivity contribution in [1.82, 2.24) is 5.32 Å². The first-order valence-electron chi connectivity index (χ1n) is 4.70. The number of halogens is 1. The molecule has 0 aliphatic rings. The number of benzene rings is 1. The summed E-state index contributed by atoms with van der Waals surface area (Å²) >= 11 is 5.99. The van der Waals surface area contributed by atoms with Gasteiger partial charge in [0.05, 0.1) is 18.7 Å². The smallest absolute Gasteiger partial charge is 0.137 e. The highest BCUT2D eigenvalue weighted by molar-refractivity contribution is 6.32. The minimum Gasteiger partial charge on any atom is -0.495 e. The number of hydrogen-bond acceptors (Lipinski definition) is 2. The van der Waals surface area contributed by atoms with Crippen LogP contribution >= 0.6 is 11.6 Å². The number of nitrogens with one attached hydrogen (secondary N) is 1. The molecule has 1 N–H and O–H groups in total. The summed E-state index contributed by atoms with van der Waals surface area (Å²) in [6.07, 6.45) is 0. The van der Waals surface area contributed by atoms with Crippen molar-refractivity contribution in [3.05, 3.63) is 28.8 Å². The third-order valence-corrected chi connectivity index (χ3v) is 2.23. The number of ether oxygens (including phenoxy) is 1. The fraction of sp³-hybridized carbons (Fsp3) is 0.333. The third kappa shape index (κ3) is 3.83. The molecule has 0 saturated carbocycles. The summed E-state index contributed by atoms with van der Waals surface area (Å²) < 4.78 is 5.07. The van der Waals surface area contributed by atoms with Crippen molar-refractivity contribution in [3.63, 3.8) is 0 Å². The molecule has 1 rings (SSSR count). The van der Waals surface area contributed by atoms with Crippen molar-refractivity contribution in [2.75, 3.05) is 13.7 Å². The number of rotatable bonds is 4. The minimum absolute atomic E-state index is 0.637. The SMILES string of the molecule is CC#CCNCc1ccc(OC)c(Cl)c1. The molecule has 1 aromatic carbocycles. The highest BCUT2D eigenvalue weighted by Crippen LogP contribution is 2.24. The largest absolute Gasteiger partial charge is 0.495 e. The van der Waals surface area contributed by atoms with Gasteiger partial charge in [-0.15, -0.1) is 5.92 Å². The predicted molar refractivity (Wildman–Crippen MR) is 63.2 cm³/mol. The van der Waals surface area contributed by atoms with Gasteiger partial charge in [0.2, 0.25) is 0 Å². The van der Waals surface area contributed by atoms with Crippen molar-refractivity contribution in [2.45, 2.75) is 13.5 Å². The lowest BCUT2D eigenvalue weighted by molar-refractivity contribution is 0.415. The van der Waals surface area contributed by atoms with Gasteiger partial charge in [-0.25, -0.2) is 0 Å². The summed E-state index contributed by atoms with van der Waals surface area (Å²) in [6, 6.07) is 5.74. The van der Waals surface area contributed by atoms with Crippen molar-refractivity contribution >= 4 is 11.6 Å². The Kier molecular flexibility index (Phi) is 5.03. The molecule has 0 fully saturated rings.